The zero-order valence-corrected chi connectivity index (χ0v) is 9.52. The Morgan fingerprint density at radius 1 is 1.29 bits per heavy atom. The van der Waals surface area contributed by atoms with Crippen molar-refractivity contribution in [3.63, 3.8) is 0 Å². The highest BCUT2D eigenvalue weighted by atomic mass is 35.5. The van der Waals surface area contributed by atoms with Crippen LogP contribution in [-0.2, 0) is 4.79 Å². The minimum absolute atomic E-state index is 0. The quantitative estimate of drug-likeness (QED) is 0.510. The molecular weight excluding hydrogens is 250 g/mol. The maximum absolute atomic E-state index is 11.1. The number of nitrogens with two attached hydrogens (primary N) is 1. The van der Waals surface area contributed by atoms with Crippen molar-refractivity contribution >= 4 is 24.2 Å². The molecule has 0 fully saturated rings. The molecule has 0 aliphatic carbocycles. The van der Waals surface area contributed by atoms with Gasteiger partial charge in [-0.25, -0.2) is 4.79 Å². The number of aliphatic hydroxyl groups excluding tert-OH is 1. The molecule has 0 amide bonds. The van der Waals surface area contributed by atoms with Crippen LogP contribution < -0.4 is 10.5 Å². The van der Waals surface area contributed by atoms with Crippen molar-refractivity contribution < 1.29 is 24.5 Å². The second-order valence-electron chi connectivity index (χ2n) is 2.96. The number of carboxylic acid groups (broad SMARTS) is 1. The van der Waals surface area contributed by atoms with Gasteiger partial charge in [-0.1, -0.05) is 0 Å². The van der Waals surface area contributed by atoms with E-state index in [9.17, 15) is 9.59 Å². The van der Waals surface area contributed by atoms with Gasteiger partial charge in [-0.05, 0) is 24.3 Å². The Labute approximate surface area is 103 Å². The average molecular weight is 262 g/mol. The van der Waals surface area contributed by atoms with Gasteiger partial charge >= 0.3 is 5.97 Å². The van der Waals surface area contributed by atoms with Crippen LogP contribution in [-0.4, -0.2) is 34.8 Å². The number of benzene rings is 1. The predicted molar refractivity (Wildman–Crippen MR) is 61.3 cm³/mol. The van der Waals surface area contributed by atoms with Gasteiger partial charge in [0, 0.05) is 5.56 Å². The highest BCUT2D eigenvalue weighted by molar-refractivity contribution is 5.97. The molecule has 0 bridgehead atoms. The fraction of sp³-hybridized carbons (Fsp3) is 0.200. The van der Waals surface area contributed by atoms with E-state index in [0.717, 1.165) is 0 Å². The van der Waals surface area contributed by atoms with Crippen molar-refractivity contribution in [2.75, 3.05) is 6.54 Å². The first-order valence-corrected chi connectivity index (χ1v) is 4.45. The van der Waals surface area contributed by atoms with Crippen molar-refractivity contribution in [1.82, 2.24) is 0 Å². The Morgan fingerprint density at radius 2 is 1.82 bits per heavy atom. The monoisotopic (exact) mass is 261 g/mol. The lowest BCUT2D eigenvalue weighted by atomic mass is 10.1. The maximum Gasteiger partial charge on any atom is 0.373 e. The summed E-state index contributed by atoms with van der Waals surface area (Å²) in [6, 6.07) is 5.66. The van der Waals surface area contributed by atoms with E-state index in [1.54, 1.807) is 0 Å². The third-order valence-corrected chi connectivity index (χ3v) is 1.82. The molecule has 1 aromatic rings. The van der Waals surface area contributed by atoms with Crippen molar-refractivity contribution in [2.45, 2.75) is 6.29 Å². The lowest BCUT2D eigenvalue weighted by Gasteiger charge is -2.09. The number of aliphatic hydroxyl groups is 1. The standard InChI is InChI=1S/C10H11NO5.ClH/c11-5-8(12)6-1-3-7(4-2-6)16-10(15)9(13)14;/h1-4,10,15H,5,11H2,(H,13,14);1H. The van der Waals surface area contributed by atoms with Crippen LogP contribution in [0.5, 0.6) is 5.75 Å². The van der Waals surface area contributed by atoms with Gasteiger partial charge in [-0.3, -0.25) is 4.79 Å². The fourth-order valence-corrected chi connectivity index (χ4v) is 1.02. The molecule has 0 aliphatic rings. The first-order valence-electron chi connectivity index (χ1n) is 4.45. The number of aliphatic carboxylic acids is 1. The molecular formula is C10H12ClNO5. The van der Waals surface area contributed by atoms with E-state index in [1.165, 1.54) is 24.3 Å². The van der Waals surface area contributed by atoms with Crippen LogP contribution in [0.4, 0.5) is 0 Å². The number of hydrogen-bond acceptors (Lipinski definition) is 5. The Balaban J connectivity index is 0.00000256. The van der Waals surface area contributed by atoms with Crippen molar-refractivity contribution in [2.24, 2.45) is 5.73 Å². The molecule has 1 unspecified atom stereocenters. The predicted octanol–water partition coefficient (Wildman–Crippen LogP) is 0.0316. The molecule has 94 valence electrons. The highest BCUT2D eigenvalue weighted by Gasteiger charge is 2.14. The molecule has 6 nitrogen and oxygen atoms in total. The van der Waals surface area contributed by atoms with Crippen LogP contribution >= 0.6 is 12.4 Å². The lowest BCUT2D eigenvalue weighted by molar-refractivity contribution is -0.162. The Bertz CT molecular complexity index is 392. The summed E-state index contributed by atoms with van der Waals surface area (Å²) in [5.74, 6) is -1.56. The van der Waals surface area contributed by atoms with Gasteiger partial charge in [0.1, 0.15) is 5.75 Å². The Hall–Kier alpha value is -1.63. The highest BCUT2D eigenvalue weighted by Crippen LogP contribution is 2.13. The Morgan fingerprint density at radius 3 is 2.24 bits per heavy atom. The number of Topliss-reactive ketones (excluding diaryl/α,β-unsaturated/α-hetero) is 1. The third kappa shape index (κ3) is 4.39. The molecule has 0 saturated carbocycles. The molecule has 0 aliphatic heterocycles. The third-order valence-electron chi connectivity index (χ3n) is 1.82. The maximum atomic E-state index is 11.1. The molecule has 0 spiro atoms. The summed E-state index contributed by atoms with van der Waals surface area (Å²) in [4.78, 5) is 21.4. The minimum atomic E-state index is -1.92. The van der Waals surface area contributed by atoms with E-state index in [-0.39, 0.29) is 30.5 Å². The second kappa shape index (κ2) is 6.85. The number of ketones is 1. The molecule has 7 heteroatoms. The molecule has 1 atom stereocenters. The SMILES string of the molecule is Cl.NCC(=O)c1ccc(OC(O)C(=O)O)cc1. The van der Waals surface area contributed by atoms with E-state index in [2.05, 4.69) is 4.74 Å². The van der Waals surface area contributed by atoms with Gasteiger partial charge in [-0.2, -0.15) is 0 Å². The number of hydrogen-bond donors (Lipinski definition) is 3. The second-order valence-corrected chi connectivity index (χ2v) is 2.96. The lowest BCUT2D eigenvalue weighted by Crippen LogP contribution is -2.26. The van der Waals surface area contributed by atoms with Crippen LogP contribution in [0.15, 0.2) is 24.3 Å². The average Bonchev–Trinajstić information content (AvgIpc) is 2.28. The first kappa shape index (κ1) is 15.4. The van der Waals surface area contributed by atoms with Gasteiger partial charge in [0.05, 0.1) is 6.54 Å². The first-order chi connectivity index (χ1) is 7.54. The van der Waals surface area contributed by atoms with E-state index >= 15 is 0 Å². The molecule has 0 saturated heterocycles. The summed E-state index contributed by atoms with van der Waals surface area (Å²) in [7, 11) is 0. The summed E-state index contributed by atoms with van der Waals surface area (Å²) in [5, 5.41) is 17.3. The van der Waals surface area contributed by atoms with Crippen LogP contribution in [0.25, 0.3) is 0 Å². The number of halogens is 1. The number of carbonyl (C=O) groups is 2. The molecule has 17 heavy (non-hydrogen) atoms. The molecule has 1 aromatic carbocycles. The molecule has 4 N–H and O–H groups in total. The molecule has 0 radical (unpaired) electrons. The van der Waals surface area contributed by atoms with Crippen molar-refractivity contribution in [3.05, 3.63) is 29.8 Å². The van der Waals surface area contributed by atoms with Gasteiger partial charge in [-0.15, -0.1) is 12.4 Å². The smallest absolute Gasteiger partial charge is 0.373 e. The summed E-state index contributed by atoms with van der Waals surface area (Å²) in [5.41, 5.74) is 5.57. The van der Waals surface area contributed by atoms with Gasteiger partial charge in [0.15, 0.2) is 5.78 Å². The van der Waals surface area contributed by atoms with Crippen LogP contribution in [0.1, 0.15) is 10.4 Å². The van der Waals surface area contributed by atoms with Gasteiger partial charge < -0.3 is 20.7 Å². The molecule has 1 rings (SSSR count). The van der Waals surface area contributed by atoms with E-state index in [1.807, 2.05) is 0 Å². The normalized spacial score (nSPS) is 11.2. The van der Waals surface area contributed by atoms with Crippen LogP contribution in [0.2, 0.25) is 0 Å². The van der Waals surface area contributed by atoms with E-state index < -0.39 is 12.3 Å². The molecule has 0 aromatic heterocycles. The van der Waals surface area contributed by atoms with Crippen molar-refractivity contribution in [3.8, 4) is 5.75 Å². The van der Waals surface area contributed by atoms with E-state index in [4.69, 9.17) is 15.9 Å². The van der Waals surface area contributed by atoms with Crippen molar-refractivity contribution in [1.29, 1.82) is 0 Å². The van der Waals surface area contributed by atoms with Crippen LogP contribution in [0, 0.1) is 0 Å². The topological polar surface area (TPSA) is 110 Å². The van der Waals surface area contributed by atoms with Gasteiger partial charge in [0.2, 0.25) is 0 Å². The number of rotatable bonds is 5. The number of carboxylic acids is 1. The zero-order chi connectivity index (χ0) is 12.1. The zero-order valence-electron chi connectivity index (χ0n) is 8.70. The number of carbonyl (C=O) groups excluding carboxylic acids is 1. The Kier molecular flexibility index (Phi) is 6.19. The summed E-state index contributed by atoms with van der Waals surface area (Å²) < 4.78 is 4.66. The van der Waals surface area contributed by atoms with Gasteiger partial charge in [0.25, 0.3) is 6.29 Å². The summed E-state index contributed by atoms with van der Waals surface area (Å²) in [6.45, 7) is -0.0993. The molecule has 0 heterocycles. The number of ether oxygens (including phenoxy) is 1. The summed E-state index contributed by atoms with van der Waals surface area (Å²) >= 11 is 0. The van der Waals surface area contributed by atoms with E-state index in [0.29, 0.717) is 5.56 Å². The summed E-state index contributed by atoms with van der Waals surface area (Å²) in [6.07, 6.45) is -1.92. The largest absolute Gasteiger partial charge is 0.477 e. The fourth-order valence-electron chi connectivity index (χ4n) is 1.02. The van der Waals surface area contributed by atoms with Crippen LogP contribution in [0.3, 0.4) is 0 Å². The minimum Gasteiger partial charge on any atom is -0.477 e.